The molecule has 0 spiro atoms. The number of carbonyl (C=O) groups excluding carboxylic acids is 1. The Bertz CT molecular complexity index is 652. The molecular formula is C21H27ClN2O3. The molecule has 0 saturated carbocycles. The number of hydrogen-bond donors (Lipinski definition) is 3. The first-order valence-corrected chi connectivity index (χ1v) is 9.30. The molecule has 2 aromatic rings. The third kappa shape index (κ3) is 5.30. The first kappa shape index (κ1) is 21.4. The van der Waals surface area contributed by atoms with Crippen LogP contribution in [0.1, 0.15) is 30.4 Å². The second kappa shape index (κ2) is 10.4. The first-order chi connectivity index (χ1) is 12.7. The molecule has 3 rings (SSSR count). The number of ether oxygens (including phenoxy) is 1. The van der Waals surface area contributed by atoms with Crippen LogP contribution in [0.3, 0.4) is 0 Å². The lowest BCUT2D eigenvalue weighted by molar-refractivity contribution is -0.949. The zero-order chi connectivity index (χ0) is 18.2. The van der Waals surface area contributed by atoms with Crippen LogP contribution < -0.4 is 22.8 Å². The van der Waals surface area contributed by atoms with Gasteiger partial charge in [-0.05, 0) is 30.4 Å². The minimum Gasteiger partial charge on any atom is -1.00 e. The van der Waals surface area contributed by atoms with Gasteiger partial charge in [-0.25, -0.2) is 4.79 Å². The van der Waals surface area contributed by atoms with Crippen molar-refractivity contribution in [3.8, 4) is 0 Å². The van der Waals surface area contributed by atoms with Crippen molar-refractivity contribution in [2.45, 2.75) is 24.9 Å². The van der Waals surface area contributed by atoms with Gasteiger partial charge in [0, 0.05) is 0 Å². The van der Waals surface area contributed by atoms with E-state index < -0.39 is 11.6 Å². The minimum atomic E-state index is -1.81. The fourth-order valence-electron chi connectivity index (χ4n) is 3.39. The summed E-state index contributed by atoms with van der Waals surface area (Å²) in [5.74, 6) is -0.648. The van der Waals surface area contributed by atoms with Crippen molar-refractivity contribution in [2.75, 3.05) is 26.2 Å². The van der Waals surface area contributed by atoms with Gasteiger partial charge in [0.05, 0.1) is 19.6 Å². The van der Waals surface area contributed by atoms with Crippen molar-refractivity contribution in [3.05, 3.63) is 71.8 Å². The molecule has 0 amide bonds. The second-order valence-corrected chi connectivity index (χ2v) is 6.67. The number of quaternary nitrogens is 1. The Morgan fingerprint density at radius 2 is 1.48 bits per heavy atom. The molecule has 0 aromatic heterocycles. The van der Waals surface area contributed by atoms with E-state index in [4.69, 9.17) is 4.74 Å². The molecule has 27 heavy (non-hydrogen) atoms. The van der Waals surface area contributed by atoms with Gasteiger partial charge in [-0.15, -0.1) is 0 Å². The zero-order valence-electron chi connectivity index (χ0n) is 15.4. The van der Waals surface area contributed by atoms with E-state index in [1.807, 2.05) is 12.1 Å². The Hall–Kier alpha value is -1.92. The van der Waals surface area contributed by atoms with Crippen LogP contribution in [0.4, 0.5) is 0 Å². The summed E-state index contributed by atoms with van der Waals surface area (Å²) >= 11 is 0. The second-order valence-electron chi connectivity index (χ2n) is 6.67. The lowest BCUT2D eigenvalue weighted by atomic mass is 9.86. The van der Waals surface area contributed by atoms with E-state index in [0.29, 0.717) is 17.7 Å². The number of aliphatic hydroxyl groups is 1. The van der Waals surface area contributed by atoms with Gasteiger partial charge in [-0.1, -0.05) is 60.7 Å². The van der Waals surface area contributed by atoms with Crippen LogP contribution in [0.15, 0.2) is 60.7 Å². The number of halogens is 1. The van der Waals surface area contributed by atoms with Crippen molar-refractivity contribution in [3.63, 3.8) is 0 Å². The number of piperidine rings is 1. The van der Waals surface area contributed by atoms with Crippen LogP contribution >= 0.6 is 0 Å². The SMILES string of the molecule is O=C(OCCN[NH+]1CCCCC1)C(O)(c1ccccc1)c1ccccc1.[Cl-]. The van der Waals surface area contributed by atoms with Gasteiger partial charge in [0.2, 0.25) is 5.60 Å². The van der Waals surface area contributed by atoms with Crippen LogP contribution in [0.5, 0.6) is 0 Å². The molecule has 0 radical (unpaired) electrons. The quantitative estimate of drug-likeness (QED) is 0.379. The molecular weight excluding hydrogens is 364 g/mol. The smallest absolute Gasteiger partial charge is 0.347 e. The number of hydrogen-bond acceptors (Lipinski definition) is 4. The van der Waals surface area contributed by atoms with Crippen LogP contribution in [0.25, 0.3) is 0 Å². The Morgan fingerprint density at radius 3 is 2.00 bits per heavy atom. The summed E-state index contributed by atoms with van der Waals surface area (Å²) in [4.78, 5) is 12.8. The molecule has 1 aliphatic rings. The summed E-state index contributed by atoms with van der Waals surface area (Å²) in [7, 11) is 0. The van der Waals surface area contributed by atoms with E-state index in [9.17, 15) is 9.90 Å². The topological polar surface area (TPSA) is 63.0 Å². The molecule has 1 aliphatic heterocycles. The van der Waals surface area contributed by atoms with E-state index in [1.54, 1.807) is 48.5 Å². The summed E-state index contributed by atoms with van der Waals surface area (Å²) in [5.41, 5.74) is 2.57. The maximum Gasteiger partial charge on any atom is 0.347 e. The molecule has 3 N–H and O–H groups in total. The van der Waals surface area contributed by atoms with Crippen LogP contribution in [-0.2, 0) is 15.1 Å². The van der Waals surface area contributed by atoms with Gasteiger partial charge >= 0.3 is 5.97 Å². The van der Waals surface area contributed by atoms with Gasteiger partial charge in [-0.2, -0.15) is 5.43 Å². The Morgan fingerprint density at radius 1 is 0.963 bits per heavy atom. The van der Waals surface area contributed by atoms with E-state index in [2.05, 4.69) is 5.43 Å². The molecule has 1 fully saturated rings. The minimum absolute atomic E-state index is 0. The Balaban J connectivity index is 0.00000261. The fraction of sp³-hybridized carbons (Fsp3) is 0.381. The maximum atomic E-state index is 12.8. The average molecular weight is 391 g/mol. The van der Waals surface area contributed by atoms with Crippen molar-refractivity contribution in [1.29, 1.82) is 0 Å². The molecule has 1 heterocycles. The molecule has 0 atom stereocenters. The zero-order valence-corrected chi connectivity index (χ0v) is 16.1. The summed E-state index contributed by atoms with van der Waals surface area (Å²) < 4.78 is 5.44. The van der Waals surface area contributed by atoms with Crippen molar-refractivity contribution in [2.24, 2.45) is 0 Å². The predicted molar refractivity (Wildman–Crippen MR) is 99.4 cm³/mol. The number of nitrogens with one attached hydrogen (secondary N) is 2. The summed E-state index contributed by atoms with van der Waals surface area (Å²) in [6.07, 6.45) is 3.75. The van der Waals surface area contributed by atoms with Crippen molar-refractivity contribution >= 4 is 5.97 Å². The highest BCUT2D eigenvalue weighted by Crippen LogP contribution is 2.30. The number of carbonyl (C=O) groups is 1. The van der Waals surface area contributed by atoms with Gasteiger partial charge in [0.1, 0.15) is 6.61 Å². The van der Waals surface area contributed by atoms with E-state index in [1.165, 1.54) is 24.3 Å². The van der Waals surface area contributed by atoms with Gasteiger partial charge in [0.25, 0.3) is 0 Å². The number of benzene rings is 2. The van der Waals surface area contributed by atoms with Gasteiger partial charge < -0.3 is 22.3 Å². The summed E-state index contributed by atoms with van der Waals surface area (Å²) in [6.45, 7) is 3.00. The van der Waals surface area contributed by atoms with Crippen LogP contribution in [0, 0.1) is 0 Å². The third-order valence-corrected chi connectivity index (χ3v) is 4.85. The monoisotopic (exact) mass is 390 g/mol. The highest BCUT2D eigenvalue weighted by molar-refractivity contribution is 5.85. The number of rotatable bonds is 7. The highest BCUT2D eigenvalue weighted by Gasteiger charge is 2.41. The molecule has 5 nitrogen and oxygen atoms in total. The molecule has 0 unspecified atom stereocenters. The summed E-state index contributed by atoms with van der Waals surface area (Å²) in [6, 6.07) is 17.9. The van der Waals surface area contributed by atoms with E-state index in [0.717, 1.165) is 13.1 Å². The van der Waals surface area contributed by atoms with Crippen molar-refractivity contribution < 1.29 is 32.1 Å². The molecule has 0 bridgehead atoms. The van der Waals surface area contributed by atoms with Crippen molar-refractivity contribution in [1.82, 2.24) is 5.43 Å². The summed E-state index contributed by atoms with van der Waals surface area (Å²) in [5, 5.41) is 12.6. The van der Waals surface area contributed by atoms with Gasteiger partial charge in [0.15, 0.2) is 0 Å². The van der Waals surface area contributed by atoms with E-state index >= 15 is 0 Å². The predicted octanol–water partition coefficient (Wildman–Crippen LogP) is -1.96. The fourth-order valence-corrected chi connectivity index (χ4v) is 3.39. The third-order valence-electron chi connectivity index (χ3n) is 4.85. The van der Waals surface area contributed by atoms with Gasteiger partial charge in [-0.3, -0.25) is 5.01 Å². The molecule has 146 valence electrons. The first-order valence-electron chi connectivity index (χ1n) is 9.30. The maximum absolute atomic E-state index is 12.8. The molecule has 6 heteroatoms. The molecule has 2 aromatic carbocycles. The Labute approximate surface area is 166 Å². The standard InChI is InChI=1S/C21H26N2O3.ClH/c24-20(26-17-14-22-23-15-8-3-9-16-23)21(25,18-10-4-1-5-11-18)19-12-6-2-7-13-19;/h1-2,4-7,10-13,22,25H,3,8-9,14-17H2;1H. The highest BCUT2D eigenvalue weighted by atomic mass is 35.5. The average Bonchev–Trinajstić information content (AvgIpc) is 2.72. The molecule has 0 aliphatic carbocycles. The van der Waals surface area contributed by atoms with Crippen LogP contribution in [0.2, 0.25) is 0 Å². The normalized spacial score (nSPS) is 15.0. The largest absolute Gasteiger partial charge is 1.00 e. The lowest BCUT2D eigenvalue weighted by Gasteiger charge is -2.27. The number of esters is 1. The van der Waals surface area contributed by atoms with Crippen LogP contribution in [-0.4, -0.2) is 37.3 Å². The molecule has 1 saturated heterocycles. The lowest BCUT2D eigenvalue weighted by Crippen LogP contribution is -3.19. The van der Waals surface area contributed by atoms with E-state index in [-0.39, 0.29) is 19.0 Å². The Kier molecular flexibility index (Phi) is 8.25.